The standard InChI is InChI=1S/C8H15F3N2O2/c1-15-4-2-3-12-5-7(14)13-6-8(9,10)11/h12H,2-6H2,1H3,(H,13,14). The van der Waals surface area contributed by atoms with Crippen LogP contribution >= 0.6 is 0 Å². The van der Waals surface area contributed by atoms with Crippen molar-refractivity contribution in [1.29, 1.82) is 0 Å². The van der Waals surface area contributed by atoms with E-state index < -0.39 is 18.6 Å². The smallest absolute Gasteiger partial charge is 0.385 e. The van der Waals surface area contributed by atoms with E-state index in [0.717, 1.165) is 0 Å². The van der Waals surface area contributed by atoms with Crippen molar-refractivity contribution in [3.63, 3.8) is 0 Å². The molecule has 4 nitrogen and oxygen atoms in total. The molecule has 0 radical (unpaired) electrons. The van der Waals surface area contributed by atoms with Gasteiger partial charge >= 0.3 is 6.18 Å². The van der Waals surface area contributed by atoms with Crippen LogP contribution in [0.5, 0.6) is 0 Å². The molecule has 2 N–H and O–H groups in total. The number of nitrogens with one attached hydrogen (secondary N) is 2. The monoisotopic (exact) mass is 228 g/mol. The number of alkyl halides is 3. The molecule has 1 amide bonds. The van der Waals surface area contributed by atoms with Gasteiger partial charge in [-0.25, -0.2) is 0 Å². The lowest BCUT2D eigenvalue weighted by molar-refractivity contribution is -0.137. The summed E-state index contributed by atoms with van der Waals surface area (Å²) in [7, 11) is 1.55. The number of halogens is 3. The molecular weight excluding hydrogens is 213 g/mol. The molecule has 7 heteroatoms. The van der Waals surface area contributed by atoms with Crippen LogP contribution in [-0.2, 0) is 9.53 Å². The van der Waals surface area contributed by atoms with Crippen molar-refractivity contribution in [2.75, 3.05) is 33.4 Å². The van der Waals surface area contributed by atoms with E-state index in [2.05, 4.69) is 5.32 Å². The lowest BCUT2D eigenvalue weighted by atomic mass is 10.4. The molecule has 0 spiro atoms. The Morgan fingerprint density at radius 1 is 1.40 bits per heavy atom. The summed E-state index contributed by atoms with van der Waals surface area (Å²) in [6, 6.07) is 0. The zero-order valence-corrected chi connectivity index (χ0v) is 8.49. The minimum absolute atomic E-state index is 0.111. The summed E-state index contributed by atoms with van der Waals surface area (Å²) in [6.07, 6.45) is -3.64. The Kier molecular flexibility index (Phi) is 7.06. The van der Waals surface area contributed by atoms with E-state index >= 15 is 0 Å². The second kappa shape index (κ2) is 7.47. The van der Waals surface area contributed by atoms with Gasteiger partial charge in [0.1, 0.15) is 6.54 Å². The van der Waals surface area contributed by atoms with Gasteiger partial charge in [-0.1, -0.05) is 0 Å². The van der Waals surface area contributed by atoms with Gasteiger partial charge in [-0.3, -0.25) is 4.79 Å². The van der Waals surface area contributed by atoms with E-state index in [1.165, 1.54) is 0 Å². The molecule has 90 valence electrons. The first-order chi connectivity index (χ1) is 6.95. The van der Waals surface area contributed by atoms with Crippen molar-refractivity contribution in [2.45, 2.75) is 12.6 Å². The lowest BCUT2D eigenvalue weighted by Gasteiger charge is -2.08. The summed E-state index contributed by atoms with van der Waals surface area (Å²) in [5.41, 5.74) is 0. The number of ether oxygens (including phenoxy) is 1. The fourth-order valence-corrected chi connectivity index (χ4v) is 0.805. The van der Waals surface area contributed by atoms with E-state index in [1.807, 2.05) is 0 Å². The zero-order valence-electron chi connectivity index (χ0n) is 8.49. The molecule has 0 aromatic rings. The fourth-order valence-electron chi connectivity index (χ4n) is 0.805. The van der Waals surface area contributed by atoms with Crippen LogP contribution in [0.3, 0.4) is 0 Å². The number of amides is 1. The maximum Gasteiger partial charge on any atom is 0.405 e. The molecule has 0 aromatic heterocycles. The fraction of sp³-hybridized carbons (Fsp3) is 0.875. The molecule has 0 heterocycles. The molecule has 0 bridgehead atoms. The van der Waals surface area contributed by atoms with Gasteiger partial charge in [0.2, 0.25) is 5.91 Å². The third kappa shape index (κ3) is 11.1. The molecule has 15 heavy (non-hydrogen) atoms. The molecule has 0 saturated heterocycles. The molecule has 0 saturated carbocycles. The predicted molar refractivity (Wildman–Crippen MR) is 48.4 cm³/mol. The van der Waals surface area contributed by atoms with Crippen LogP contribution in [0.1, 0.15) is 6.42 Å². The first-order valence-corrected chi connectivity index (χ1v) is 4.49. The summed E-state index contributed by atoms with van der Waals surface area (Å²) in [4.78, 5) is 10.8. The third-order valence-corrected chi connectivity index (χ3v) is 1.47. The van der Waals surface area contributed by atoms with Gasteiger partial charge in [0.05, 0.1) is 6.54 Å². The number of carbonyl (C=O) groups excluding carboxylic acids is 1. The first kappa shape index (κ1) is 14.2. The summed E-state index contributed by atoms with van der Waals surface area (Å²) < 4.78 is 39.7. The second-order valence-electron chi connectivity index (χ2n) is 2.92. The molecule has 0 aliphatic carbocycles. The minimum atomic E-state index is -4.36. The average molecular weight is 228 g/mol. The minimum Gasteiger partial charge on any atom is -0.385 e. The lowest BCUT2D eigenvalue weighted by Crippen LogP contribution is -2.39. The summed E-state index contributed by atoms with van der Waals surface area (Å²) >= 11 is 0. The van der Waals surface area contributed by atoms with Crippen molar-refractivity contribution in [3.05, 3.63) is 0 Å². The normalized spacial score (nSPS) is 11.5. The van der Waals surface area contributed by atoms with Crippen LogP contribution in [0.25, 0.3) is 0 Å². The van der Waals surface area contributed by atoms with Crippen molar-refractivity contribution >= 4 is 5.91 Å². The topological polar surface area (TPSA) is 50.4 Å². The van der Waals surface area contributed by atoms with Crippen LogP contribution in [0.4, 0.5) is 13.2 Å². The SMILES string of the molecule is COCCCNCC(=O)NCC(F)(F)F. The highest BCUT2D eigenvalue weighted by Gasteiger charge is 2.27. The van der Waals surface area contributed by atoms with E-state index in [9.17, 15) is 18.0 Å². The van der Waals surface area contributed by atoms with Crippen molar-refractivity contribution in [2.24, 2.45) is 0 Å². The van der Waals surface area contributed by atoms with Crippen molar-refractivity contribution < 1.29 is 22.7 Å². The molecule has 0 aliphatic heterocycles. The van der Waals surface area contributed by atoms with Crippen LogP contribution in [0.15, 0.2) is 0 Å². The Hall–Kier alpha value is -0.820. The molecule has 0 fully saturated rings. The van der Waals surface area contributed by atoms with Crippen molar-refractivity contribution in [1.82, 2.24) is 10.6 Å². The molecule has 0 rings (SSSR count). The number of hydrogen-bond donors (Lipinski definition) is 2. The van der Waals surface area contributed by atoms with E-state index in [-0.39, 0.29) is 6.54 Å². The van der Waals surface area contributed by atoms with E-state index in [0.29, 0.717) is 19.6 Å². The van der Waals surface area contributed by atoms with E-state index in [4.69, 9.17) is 4.74 Å². The van der Waals surface area contributed by atoms with Gasteiger partial charge in [0.25, 0.3) is 0 Å². The van der Waals surface area contributed by atoms with Gasteiger partial charge in [0.15, 0.2) is 0 Å². The molecule has 0 atom stereocenters. The molecule has 0 aliphatic rings. The maximum atomic E-state index is 11.7. The van der Waals surface area contributed by atoms with Gasteiger partial charge in [0, 0.05) is 13.7 Å². The number of hydrogen-bond acceptors (Lipinski definition) is 3. The Morgan fingerprint density at radius 2 is 2.07 bits per heavy atom. The average Bonchev–Trinajstić information content (AvgIpc) is 2.13. The maximum absolute atomic E-state index is 11.7. The highest BCUT2D eigenvalue weighted by atomic mass is 19.4. The Morgan fingerprint density at radius 3 is 2.60 bits per heavy atom. The molecular formula is C8H15F3N2O2. The Balaban J connectivity index is 3.34. The van der Waals surface area contributed by atoms with Crippen LogP contribution in [0, 0.1) is 0 Å². The van der Waals surface area contributed by atoms with Crippen LogP contribution < -0.4 is 10.6 Å². The number of methoxy groups -OCH3 is 1. The third-order valence-electron chi connectivity index (χ3n) is 1.47. The molecule has 0 unspecified atom stereocenters. The summed E-state index contributed by atoms with van der Waals surface area (Å²) in [6.45, 7) is -0.310. The summed E-state index contributed by atoms with van der Waals surface area (Å²) in [5, 5.41) is 4.45. The van der Waals surface area contributed by atoms with Gasteiger partial charge in [-0.2, -0.15) is 13.2 Å². The largest absolute Gasteiger partial charge is 0.405 e. The quantitative estimate of drug-likeness (QED) is 0.616. The number of carbonyl (C=O) groups is 1. The Labute approximate surface area is 86.2 Å². The van der Waals surface area contributed by atoms with E-state index in [1.54, 1.807) is 12.4 Å². The van der Waals surface area contributed by atoms with Gasteiger partial charge in [-0.05, 0) is 13.0 Å². The van der Waals surface area contributed by atoms with Crippen molar-refractivity contribution in [3.8, 4) is 0 Å². The Bertz CT molecular complexity index is 185. The van der Waals surface area contributed by atoms with Gasteiger partial charge < -0.3 is 15.4 Å². The highest BCUT2D eigenvalue weighted by Crippen LogP contribution is 2.11. The first-order valence-electron chi connectivity index (χ1n) is 4.49. The number of rotatable bonds is 7. The predicted octanol–water partition coefficient (Wildman–Crippen LogP) is 0.291. The highest BCUT2D eigenvalue weighted by molar-refractivity contribution is 5.77. The summed E-state index contributed by atoms with van der Waals surface area (Å²) in [5.74, 6) is -0.662. The second-order valence-corrected chi connectivity index (χ2v) is 2.92. The molecule has 0 aromatic carbocycles. The van der Waals surface area contributed by atoms with Crippen LogP contribution in [0.2, 0.25) is 0 Å². The zero-order chi connectivity index (χ0) is 11.7. The van der Waals surface area contributed by atoms with Gasteiger partial charge in [-0.15, -0.1) is 0 Å². The van der Waals surface area contributed by atoms with Crippen LogP contribution in [-0.4, -0.2) is 45.4 Å².